The Bertz CT molecular complexity index is 1040. The second kappa shape index (κ2) is 9.76. The van der Waals surface area contributed by atoms with E-state index in [4.69, 9.17) is 4.74 Å². The zero-order valence-electron chi connectivity index (χ0n) is 16.3. The van der Waals surface area contributed by atoms with Gasteiger partial charge in [0.15, 0.2) is 0 Å². The van der Waals surface area contributed by atoms with Crippen molar-refractivity contribution in [3.63, 3.8) is 0 Å². The maximum absolute atomic E-state index is 12.2. The normalized spacial score (nSPS) is 10.2. The first-order valence-corrected chi connectivity index (χ1v) is 10.1. The van der Waals surface area contributed by atoms with E-state index in [1.807, 2.05) is 61.5 Å². The minimum Gasteiger partial charge on any atom is -0.497 e. The van der Waals surface area contributed by atoms with Gasteiger partial charge in [0.25, 0.3) is 0 Å². The van der Waals surface area contributed by atoms with Crippen LogP contribution in [0.2, 0.25) is 0 Å². The number of ether oxygens (including phenoxy) is 1. The van der Waals surface area contributed by atoms with Gasteiger partial charge in [-0.3, -0.25) is 4.79 Å². The molecule has 1 aromatic heterocycles. The quantitative estimate of drug-likeness (QED) is 0.558. The van der Waals surface area contributed by atoms with E-state index in [9.17, 15) is 10.1 Å². The van der Waals surface area contributed by atoms with Gasteiger partial charge in [-0.2, -0.15) is 5.26 Å². The molecular weight excluding hydrogens is 382 g/mol. The molecule has 0 spiro atoms. The number of hydrogen-bond acceptors (Lipinski definition) is 5. The molecule has 1 heterocycles. The maximum atomic E-state index is 12.2. The lowest BCUT2D eigenvalue weighted by atomic mass is 10.1. The molecule has 0 radical (unpaired) electrons. The van der Waals surface area contributed by atoms with Gasteiger partial charge in [-0.1, -0.05) is 12.1 Å². The molecule has 29 heavy (non-hydrogen) atoms. The molecular formula is C23H21N3O2S. The van der Waals surface area contributed by atoms with Gasteiger partial charge in [0.2, 0.25) is 5.91 Å². The van der Waals surface area contributed by atoms with Crippen LogP contribution in [-0.2, 0) is 4.79 Å². The van der Waals surface area contributed by atoms with E-state index in [0.29, 0.717) is 22.8 Å². The summed E-state index contributed by atoms with van der Waals surface area (Å²) in [6, 6.07) is 21.1. The van der Waals surface area contributed by atoms with Crippen LogP contribution in [0.15, 0.2) is 65.7 Å². The summed E-state index contributed by atoms with van der Waals surface area (Å²) in [6.45, 7) is 1.98. The largest absolute Gasteiger partial charge is 0.497 e. The molecule has 0 unspecified atom stereocenters. The van der Waals surface area contributed by atoms with Crippen molar-refractivity contribution in [3.8, 4) is 23.1 Å². The number of carbonyl (C=O) groups is 1. The predicted molar refractivity (Wildman–Crippen MR) is 116 cm³/mol. The van der Waals surface area contributed by atoms with Crippen molar-refractivity contribution in [1.29, 1.82) is 5.26 Å². The van der Waals surface area contributed by atoms with E-state index in [1.165, 1.54) is 11.8 Å². The van der Waals surface area contributed by atoms with E-state index < -0.39 is 0 Å². The van der Waals surface area contributed by atoms with Gasteiger partial charge >= 0.3 is 0 Å². The summed E-state index contributed by atoms with van der Waals surface area (Å²) in [5.74, 6) is 1.25. The van der Waals surface area contributed by atoms with Gasteiger partial charge < -0.3 is 10.1 Å². The number of nitriles is 1. The Morgan fingerprint density at radius 1 is 1.17 bits per heavy atom. The molecule has 0 saturated heterocycles. The summed E-state index contributed by atoms with van der Waals surface area (Å²) in [4.78, 5) is 16.8. The molecule has 146 valence electrons. The Hall–Kier alpha value is -3.30. The number of thioether (sulfide) groups is 1. The third-order valence-corrected chi connectivity index (χ3v) is 5.23. The van der Waals surface area contributed by atoms with Crippen LogP contribution >= 0.6 is 11.8 Å². The molecule has 3 aromatic rings. The molecule has 0 aliphatic rings. The number of aromatic nitrogens is 1. The molecule has 1 amide bonds. The molecule has 0 saturated carbocycles. The summed E-state index contributed by atoms with van der Waals surface area (Å²) in [6.07, 6.45) is 0.331. The number of nitrogens with zero attached hydrogens (tertiary/aromatic N) is 2. The lowest BCUT2D eigenvalue weighted by Crippen LogP contribution is -2.12. The van der Waals surface area contributed by atoms with Crippen molar-refractivity contribution < 1.29 is 9.53 Å². The highest BCUT2D eigenvalue weighted by Gasteiger charge is 2.10. The van der Waals surface area contributed by atoms with E-state index >= 15 is 0 Å². The summed E-state index contributed by atoms with van der Waals surface area (Å²) in [7, 11) is 1.62. The standard InChI is InChI=1S/C23H21N3O2S/c1-16-4-3-5-19(14-16)25-22(27)12-13-29-23-18(15-24)8-11-21(26-23)17-6-9-20(28-2)10-7-17/h3-11,14H,12-13H2,1-2H3,(H,25,27). The number of amides is 1. The van der Waals surface area contributed by atoms with Crippen molar-refractivity contribution in [2.24, 2.45) is 0 Å². The fourth-order valence-electron chi connectivity index (χ4n) is 2.74. The van der Waals surface area contributed by atoms with E-state index in [-0.39, 0.29) is 5.91 Å². The Balaban J connectivity index is 1.64. The smallest absolute Gasteiger partial charge is 0.225 e. The van der Waals surface area contributed by atoms with Crippen LogP contribution in [0.5, 0.6) is 5.75 Å². The first kappa shape index (κ1) is 20.4. The molecule has 0 bridgehead atoms. The van der Waals surface area contributed by atoms with Gasteiger partial charge in [-0.25, -0.2) is 4.98 Å². The van der Waals surface area contributed by atoms with Crippen LogP contribution in [0.1, 0.15) is 17.5 Å². The molecule has 0 atom stereocenters. The Morgan fingerprint density at radius 3 is 2.66 bits per heavy atom. The number of rotatable bonds is 7. The Morgan fingerprint density at radius 2 is 1.97 bits per heavy atom. The van der Waals surface area contributed by atoms with Crippen LogP contribution < -0.4 is 10.1 Å². The number of carbonyl (C=O) groups excluding carboxylic acids is 1. The van der Waals surface area contributed by atoms with Crippen LogP contribution in [0.4, 0.5) is 5.69 Å². The molecule has 6 heteroatoms. The van der Waals surface area contributed by atoms with Crippen LogP contribution in [0.25, 0.3) is 11.3 Å². The fourth-order valence-corrected chi connectivity index (χ4v) is 3.66. The third kappa shape index (κ3) is 5.59. The molecule has 0 aliphatic heterocycles. The molecule has 0 fully saturated rings. The van der Waals surface area contributed by atoms with Crippen molar-refractivity contribution in [1.82, 2.24) is 4.98 Å². The van der Waals surface area contributed by atoms with Gasteiger partial charge in [0, 0.05) is 23.4 Å². The zero-order chi connectivity index (χ0) is 20.6. The summed E-state index contributed by atoms with van der Waals surface area (Å²) >= 11 is 1.41. The summed E-state index contributed by atoms with van der Waals surface area (Å²) < 4.78 is 5.18. The molecule has 0 aliphatic carbocycles. The van der Waals surface area contributed by atoms with Crippen LogP contribution in [0, 0.1) is 18.3 Å². The van der Waals surface area contributed by atoms with Crippen molar-refractivity contribution >= 4 is 23.4 Å². The lowest BCUT2D eigenvalue weighted by molar-refractivity contribution is -0.115. The minimum atomic E-state index is -0.0621. The van der Waals surface area contributed by atoms with E-state index in [0.717, 1.165) is 28.3 Å². The highest BCUT2D eigenvalue weighted by molar-refractivity contribution is 7.99. The topological polar surface area (TPSA) is 75.0 Å². The predicted octanol–water partition coefficient (Wildman–Crippen LogP) is 5.06. The second-order valence-electron chi connectivity index (χ2n) is 6.41. The van der Waals surface area contributed by atoms with Crippen molar-refractivity contribution in [2.75, 3.05) is 18.2 Å². The van der Waals surface area contributed by atoms with Crippen molar-refractivity contribution in [2.45, 2.75) is 18.4 Å². The van der Waals surface area contributed by atoms with Gasteiger partial charge in [-0.05, 0) is 61.0 Å². The number of methoxy groups -OCH3 is 1. The average Bonchev–Trinajstić information content (AvgIpc) is 2.74. The summed E-state index contributed by atoms with van der Waals surface area (Å²) in [5, 5.41) is 12.9. The average molecular weight is 404 g/mol. The highest BCUT2D eigenvalue weighted by Crippen LogP contribution is 2.27. The number of anilines is 1. The molecule has 2 aromatic carbocycles. The third-order valence-electron chi connectivity index (χ3n) is 4.24. The number of hydrogen-bond donors (Lipinski definition) is 1. The first-order valence-electron chi connectivity index (χ1n) is 9.14. The first-order chi connectivity index (χ1) is 14.1. The molecule has 3 rings (SSSR count). The monoisotopic (exact) mass is 403 g/mol. The Labute approximate surface area is 174 Å². The minimum absolute atomic E-state index is 0.0621. The number of nitrogens with one attached hydrogen (secondary N) is 1. The van der Waals surface area contributed by atoms with E-state index in [2.05, 4.69) is 16.4 Å². The van der Waals surface area contributed by atoms with E-state index in [1.54, 1.807) is 13.2 Å². The highest BCUT2D eigenvalue weighted by atomic mass is 32.2. The van der Waals surface area contributed by atoms with Crippen LogP contribution in [-0.4, -0.2) is 23.8 Å². The van der Waals surface area contributed by atoms with Gasteiger partial charge in [0.1, 0.15) is 16.8 Å². The second-order valence-corrected chi connectivity index (χ2v) is 7.49. The van der Waals surface area contributed by atoms with Crippen LogP contribution in [0.3, 0.4) is 0 Å². The Kier molecular flexibility index (Phi) is 6.88. The van der Waals surface area contributed by atoms with Crippen molar-refractivity contribution in [3.05, 3.63) is 71.8 Å². The number of aryl methyl sites for hydroxylation is 1. The summed E-state index contributed by atoms with van der Waals surface area (Å²) in [5.41, 5.74) is 4.10. The number of pyridine rings is 1. The van der Waals surface area contributed by atoms with Gasteiger partial charge in [0.05, 0.1) is 18.4 Å². The zero-order valence-corrected chi connectivity index (χ0v) is 17.1. The number of benzene rings is 2. The molecule has 1 N–H and O–H groups in total. The fraction of sp³-hybridized carbons (Fsp3) is 0.174. The maximum Gasteiger partial charge on any atom is 0.225 e. The SMILES string of the molecule is COc1ccc(-c2ccc(C#N)c(SCCC(=O)Nc3cccc(C)c3)n2)cc1. The molecule has 5 nitrogen and oxygen atoms in total. The lowest BCUT2D eigenvalue weighted by Gasteiger charge is -2.08. The van der Waals surface area contributed by atoms with Gasteiger partial charge in [-0.15, -0.1) is 11.8 Å².